The van der Waals surface area contributed by atoms with Crippen molar-refractivity contribution in [1.29, 1.82) is 0 Å². The summed E-state index contributed by atoms with van der Waals surface area (Å²) in [7, 11) is 0. The number of nitrogens with zero attached hydrogens (tertiary/aromatic N) is 2. The van der Waals surface area contributed by atoms with Gasteiger partial charge in [0.05, 0.1) is 31.1 Å². The van der Waals surface area contributed by atoms with Crippen LogP contribution < -0.4 is 11.1 Å². The smallest absolute Gasteiger partial charge is 0.372 e. The van der Waals surface area contributed by atoms with Crippen molar-refractivity contribution in [1.82, 2.24) is 9.97 Å². The molecule has 0 unspecified atom stereocenters. The van der Waals surface area contributed by atoms with E-state index in [0.29, 0.717) is 6.20 Å². The molecule has 2 aliphatic rings. The predicted molar refractivity (Wildman–Crippen MR) is 77.1 cm³/mol. The molecule has 0 bridgehead atoms. The van der Waals surface area contributed by atoms with Crippen LogP contribution in [0.4, 0.5) is 19.0 Å². The number of nitrogens with one attached hydrogen (secondary N) is 1. The lowest BCUT2D eigenvalue weighted by Crippen LogP contribution is -2.56. The lowest BCUT2D eigenvalue weighted by Gasteiger charge is -2.37. The van der Waals surface area contributed by atoms with Crippen molar-refractivity contribution in [2.45, 2.75) is 50.2 Å². The highest BCUT2D eigenvalue weighted by Crippen LogP contribution is 2.36. The van der Waals surface area contributed by atoms with Crippen molar-refractivity contribution in [2.75, 3.05) is 18.5 Å². The Labute approximate surface area is 136 Å². The van der Waals surface area contributed by atoms with Gasteiger partial charge in [-0.3, -0.25) is 4.98 Å². The predicted octanol–water partition coefficient (Wildman–Crippen LogP) is 1.15. The molecule has 3 heterocycles. The number of nitrogens with two attached hydrogens (primary N) is 1. The van der Waals surface area contributed by atoms with Gasteiger partial charge in [0, 0.05) is 6.54 Å². The molecule has 0 aliphatic carbocycles. The van der Waals surface area contributed by atoms with E-state index in [1.807, 2.05) is 0 Å². The molecule has 0 saturated carbocycles. The number of alkyl halides is 3. The molecule has 7 nitrogen and oxygen atoms in total. The summed E-state index contributed by atoms with van der Waals surface area (Å²) in [6, 6.07) is -0.433. The molecule has 134 valence electrons. The van der Waals surface area contributed by atoms with Gasteiger partial charge in [0.1, 0.15) is 18.0 Å². The molecule has 0 radical (unpaired) electrons. The average molecular weight is 348 g/mol. The van der Waals surface area contributed by atoms with E-state index in [1.165, 1.54) is 6.20 Å². The largest absolute Gasteiger partial charge is 0.434 e. The van der Waals surface area contributed by atoms with Gasteiger partial charge in [0.25, 0.3) is 0 Å². The maximum Gasteiger partial charge on any atom is 0.434 e. The van der Waals surface area contributed by atoms with Gasteiger partial charge in [-0.05, 0) is 13.8 Å². The van der Waals surface area contributed by atoms with Gasteiger partial charge >= 0.3 is 6.18 Å². The van der Waals surface area contributed by atoms with Crippen LogP contribution in [0.1, 0.15) is 19.5 Å². The number of hydrogen-bond donors (Lipinski definition) is 2. The fourth-order valence-electron chi connectivity index (χ4n) is 2.92. The van der Waals surface area contributed by atoms with Crippen molar-refractivity contribution in [3.63, 3.8) is 0 Å². The zero-order chi connectivity index (χ0) is 17.5. The third-order valence-electron chi connectivity index (χ3n) is 3.91. The minimum atomic E-state index is -4.56. The van der Waals surface area contributed by atoms with E-state index >= 15 is 0 Å². The fraction of sp³-hybridized carbons (Fsp3) is 0.714. The van der Waals surface area contributed by atoms with Crippen LogP contribution in [0.15, 0.2) is 12.4 Å². The molecule has 0 aromatic carbocycles. The van der Waals surface area contributed by atoms with Crippen LogP contribution in [0, 0.1) is 0 Å². The Hall–Kier alpha value is -1.49. The van der Waals surface area contributed by atoms with Gasteiger partial charge in [-0.25, -0.2) is 4.98 Å². The third-order valence-corrected chi connectivity index (χ3v) is 3.91. The number of fused-ring (bicyclic) bond motifs is 1. The molecule has 1 aromatic heterocycles. The average Bonchev–Trinajstić information content (AvgIpc) is 2.83. The topological polar surface area (TPSA) is 91.5 Å². The van der Waals surface area contributed by atoms with Crippen LogP contribution in [0.5, 0.6) is 0 Å². The van der Waals surface area contributed by atoms with Crippen LogP contribution in [0.3, 0.4) is 0 Å². The maximum absolute atomic E-state index is 12.7. The van der Waals surface area contributed by atoms with E-state index in [9.17, 15) is 13.2 Å². The highest BCUT2D eigenvalue weighted by atomic mass is 19.4. The van der Waals surface area contributed by atoms with Gasteiger partial charge in [-0.15, -0.1) is 0 Å². The van der Waals surface area contributed by atoms with E-state index in [1.54, 1.807) is 13.8 Å². The summed E-state index contributed by atoms with van der Waals surface area (Å²) in [6.07, 6.45) is -3.82. The summed E-state index contributed by atoms with van der Waals surface area (Å²) in [5.41, 5.74) is 4.62. The minimum Gasteiger partial charge on any atom is -0.372 e. The summed E-state index contributed by atoms with van der Waals surface area (Å²) in [5.74, 6) is -0.827. The van der Waals surface area contributed by atoms with Crippen LogP contribution in [-0.4, -0.2) is 53.3 Å². The first-order valence-electron chi connectivity index (χ1n) is 7.53. The molecule has 0 amide bonds. The summed E-state index contributed by atoms with van der Waals surface area (Å²) >= 11 is 0. The molecule has 10 heteroatoms. The molecule has 3 N–H and O–H groups in total. The molecule has 4 atom stereocenters. The summed E-state index contributed by atoms with van der Waals surface area (Å²) < 4.78 is 55.6. The van der Waals surface area contributed by atoms with Gasteiger partial charge in [-0.1, -0.05) is 0 Å². The van der Waals surface area contributed by atoms with Crippen LogP contribution in [-0.2, 0) is 20.4 Å². The first kappa shape index (κ1) is 17.3. The van der Waals surface area contributed by atoms with Crippen LogP contribution >= 0.6 is 0 Å². The summed E-state index contributed by atoms with van der Waals surface area (Å²) in [4.78, 5) is 7.14. The second-order valence-electron chi connectivity index (χ2n) is 6.21. The Bertz CT molecular complexity index is 599. The van der Waals surface area contributed by atoms with Gasteiger partial charge in [0.2, 0.25) is 0 Å². The zero-order valence-corrected chi connectivity index (χ0v) is 13.2. The molecule has 1 aromatic rings. The number of hydrogen-bond acceptors (Lipinski definition) is 7. The molecule has 2 fully saturated rings. The van der Waals surface area contributed by atoms with E-state index < -0.39 is 35.9 Å². The Kier molecular flexibility index (Phi) is 4.41. The second-order valence-corrected chi connectivity index (χ2v) is 6.21. The fourth-order valence-corrected chi connectivity index (χ4v) is 2.92. The van der Waals surface area contributed by atoms with Gasteiger partial charge in [-0.2, -0.15) is 13.2 Å². The number of anilines is 1. The van der Waals surface area contributed by atoms with Crippen molar-refractivity contribution >= 4 is 5.82 Å². The zero-order valence-electron chi connectivity index (χ0n) is 13.2. The Morgan fingerprint density at radius 3 is 2.67 bits per heavy atom. The van der Waals surface area contributed by atoms with E-state index in [4.69, 9.17) is 19.9 Å². The highest BCUT2D eigenvalue weighted by molar-refractivity contribution is 5.35. The number of ether oxygens (including phenoxy) is 3. The number of aromatic nitrogens is 2. The Morgan fingerprint density at radius 2 is 2.00 bits per heavy atom. The maximum atomic E-state index is 12.7. The van der Waals surface area contributed by atoms with E-state index in [0.717, 1.165) is 0 Å². The highest BCUT2D eigenvalue weighted by Gasteiger charge is 2.51. The minimum absolute atomic E-state index is 0.00307. The number of halogens is 3. The second kappa shape index (κ2) is 6.10. The van der Waals surface area contributed by atoms with Crippen molar-refractivity contribution in [3.05, 3.63) is 18.1 Å². The van der Waals surface area contributed by atoms with Crippen molar-refractivity contribution in [2.24, 2.45) is 5.73 Å². The van der Waals surface area contributed by atoms with Crippen LogP contribution in [0.2, 0.25) is 0 Å². The SMILES string of the molecule is CC1(C)O[C@@H]2[C@H](O1)[C@@H](Nc1cncc(C(F)(F)F)n1)CO[C@@H]2CN. The number of rotatable bonds is 3. The molecule has 24 heavy (non-hydrogen) atoms. The van der Waals surface area contributed by atoms with Crippen molar-refractivity contribution < 1.29 is 27.4 Å². The monoisotopic (exact) mass is 348 g/mol. The van der Waals surface area contributed by atoms with Gasteiger partial charge in [0.15, 0.2) is 11.5 Å². The molecule has 2 aliphatic heterocycles. The van der Waals surface area contributed by atoms with E-state index in [-0.39, 0.29) is 25.1 Å². The molecule has 2 saturated heterocycles. The summed E-state index contributed by atoms with van der Waals surface area (Å²) in [6.45, 7) is 4.00. The van der Waals surface area contributed by atoms with Gasteiger partial charge < -0.3 is 25.3 Å². The summed E-state index contributed by atoms with van der Waals surface area (Å²) in [5, 5.41) is 2.90. The third kappa shape index (κ3) is 3.46. The van der Waals surface area contributed by atoms with Crippen LogP contribution in [0.25, 0.3) is 0 Å². The van der Waals surface area contributed by atoms with E-state index in [2.05, 4.69) is 15.3 Å². The first-order chi connectivity index (χ1) is 11.2. The molecule has 3 rings (SSSR count). The molecular weight excluding hydrogens is 329 g/mol. The Balaban J connectivity index is 1.78. The molecule has 0 spiro atoms. The van der Waals surface area contributed by atoms with Crippen molar-refractivity contribution in [3.8, 4) is 0 Å². The quantitative estimate of drug-likeness (QED) is 0.847. The normalized spacial score (nSPS) is 32.4. The first-order valence-corrected chi connectivity index (χ1v) is 7.53. The lowest BCUT2D eigenvalue weighted by molar-refractivity contribution is -0.152. The lowest BCUT2D eigenvalue weighted by atomic mass is 9.98. The standard InChI is InChI=1S/C14H19F3N4O3/c1-13(2)23-11-7(6-22-8(3-18)12(11)24-13)20-10-5-19-4-9(21-10)14(15,16)17/h4-5,7-8,11-12H,3,6,18H2,1-2H3,(H,20,21)/t7-,8+,11+,12-/m0/s1. The Morgan fingerprint density at radius 1 is 1.29 bits per heavy atom. The molecular formula is C14H19F3N4O3.